The number of aryl methyl sites for hydroxylation is 1. The number of nitrogens with one attached hydrogen (secondary N) is 1. The standard InChI is InChI=1S/C14H14FN5O/c1-20-8-17-11-12(18-14(15)19-13(11)20)16-7-9-4-3-5-10(6-9)21-2/h3-6,8H,7H2,1-2H3,(H,16,18,19). The van der Waals surface area contributed by atoms with Gasteiger partial charge < -0.3 is 14.6 Å². The molecule has 0 unspecified atom stereocenters. The largest absolute Gasteiger partial charge is 0.497 e. The molecule has 6 nitrogen and oxygen atoms in total. The number of fused-ring (bicyclic) bond motifs is 1. The van der Waals surface area contributed by atoms with E-state index in [0.29, 0.717) is 23.5 Å². The molecule has 7 heteroatoms. The van der Waals surface area contributed by atoms with Gasteiger partial charge >= 0.3 is 6.08 Å². The topological polar surface area (TPSA) is 64.9 Å². The van der Waals surface area contributed by atoms with Gasteiger partial charge in [-0.15, -0.1) is 0 Å². The molecule has 2 aromatic heterocycles. The fraction of sp³-hybridized carbons (Fsp3) is 0.214. The highest BCUT2D eigenvalue weighted by atomic mass is 19.1. The van der Waals surface area contributed by atoms with Crippen LogP contribution in [0.2, 0.25) is 0 Å². The van der Waals surface area contributed by atoms with Gasteiger partial charge in [0.15, 0.2) is 17.0 Å². The molecule has 0 radical (unpaired) electrons. The van der Waals surface area contributed by atoms with Gasteiger partial charge in [-0.1, -0.05) is 12.1 Å². The van der Waals surface area contributed by atoms with Crippen LogP contribution in [-0.4, -0.2) is 26.6 Å². The SMILES string of the molecule is COc1cccc(CNc2nc(F)nc3c2ncn3C)c1. The maximum absolute atomic E-state index is 13.5. The fourth-order valence-corrected chi connectivity index (χ4v) is 2.07. The summed E-state index contributed by atoms with van der Waals surface area (Å²) in [4.78, 5) is 11.7. The lowest BCUT2D eigenvalue weighted by atomic mass is 10.2. The van der Waals surface area contributed by atoms with Crippen LogP contribution < -0.4 is 10.1 Å². The van der Waals surface area contributed by atoms with Gasteiger partial charge in [0.2, 0.25) is 0 Å². The summed E-state index contributed by atoms with van der Waals surface area (Å²) in [7, 11) is 3.37. The first-order valence-corrected chi connectivity index (χ1v) is 6.39. The van der Waals surface area contributed by atoms with Gasteiger partial charge in [-0.2, -0.15) is 14.4 Å². The molecular weight excluding hydrogens is 273 g/mol. The zero-order valence-corrected chi connectivity index (χ0v) is 11.7. The Morgan fingerprint density at radius 2 is 2.19 bits per heavy atom. The van der Waals surface area contributed by atoms with E-state index >= 15 is 0 Å². The molecule has 3 rings (SSSR count). The van der Waals surface area contributed by atoms with E-state index in [2.05, 4.69) is 20.3 Å². The van der Waals surface area contributed by atoms with Crippen molar-refractivity contribution < 1.29 is 9.13 Å². The molecule has 0 amide bonds. The second kappa shape index (κ2) is 5.35. The summed E-state index contributed by atoms with van der Waals surface area (Å²) in [6.07, 6.45) is 0.800. The van der Waals surface area contributed by atoms with Crippen LogP contribution in [-0.2, 0) is 13.6 Å². The molecular formula is C14H14FN5O. The average molecular weight is 287 g/mol. The molecule has 0 atom stereocenters. The number of hydrogen-bond donors (Lipinski definition) is 1. The van der Waals surface area contributed by atoms with Crippen molar-refractivity contribution in [2.75, 3.05) is 12.4 Å². The van der Waals surface area contributed by atoms with Crippen molar-refractivity contribution in [3.05, 3.63) is 42.2 Å². The number of anilines is 1. The summed E-state index contributed by atoms with van der Waals surface area (Å²) in [6.45, 7) is 0.485. The first-order chi connectivity index (χ1) is 10.2. The van der Waals surface area contributed by atoms with E-state index in [1.165, 1.54) is 0 Å². The van der Waals surface area contributed by atoms with Gasteiger partial charge in [-0.05, 0) is 17.7 Å². The molecule has 0 aliphatic rings. The quantitative estimate of drug-likeness (QED) is 0.745. The van der Waals surface area contributed by atoms with Crippen LogP contribution in [0, 0.1) is 6.08 Å². The number of aromatic nitrogens is 4. The van der Waals surface area contributed by atoms with Crippen molar-refractivity contribution in [2.24, 2.45) is 7.05 Å². The summed E-state index contributed by atoms with van der Waals surface area (Å²) in [5, 5.41) is 3.09. The number of halogens is 1. The smallest absolute Gasteiger partial charge is 0.312 e. The van der Waals surface area contributed by atoms with Crippen molar-refractivity contribution in [2.45, 2.75) is 6.54 Å². The first-order valence-electron chi connectivity index (χ1n) is 6.39. The minimum Gasteiger partial charge on any atom is -0.497 e. The van der Waals surface area contributed by atoms with Gasteiger partial charge in [0.05, 0.1) is 13.4 Å². The number of methoxy groups -OCH3 is 1. The van der Waals surface area contributed by atoms with Crippen LogP contribution in [0.15, 0.2) is 30.6 Å². The number of rotatable bonds is 4. The molecule has 0 saturated carbocycles. The first kappa shape index (κ1) is 13.3. The van der Waals surface area contributed by atoms with Crippen molar-refractivity contribution in [1.82, 2.24) is 19.5 Å². The second-order valence-electron chi connectivity index (χ2n) is 4.57. The summed E-state index contributed by atoms with van der Waals surface area (Å²) in [6, 6.07) is 7.61. The highest BCUT2D eigenvalue weighted by Gasteiger charge is 2.11. The lowest BCUT2D eigenvalue weighted by Gasteiger charge is -2.08. The molecule has 0 aliphatic heterocycles. The third kappa shape index (κ3) is 2.62. The Balaban J connectivity index is 1.87. The molecule has 108 valence electrons. The molecule has 2 heterocycles. The van der Waals surface area contributed by atoms with Gasteiger partial charge in [-0.3, -0.25) is 0 Å². The summed E-state index contributed by atoms with van der Waals surface area (Å²) in [5.74, 6) is 1.15. The summed E-state index contributed by atoms with van der Waals surface area (Å²) in [5.41, 5.74) is 2.00. The van der Waals surface area contributed by atoms with Crippen molar-refractivity contribution in [3.63, 3.8) is 0 Å². The third-order valence-corrected chi connectivity index (χ3v) is 3.13. The highest BCUT2D eigenvalue weighted by Crippen LogP contribution is 2.19. The Hall–Kier alpha value is -2.70. The van der Waals surface area contributed by atoms with Crippen LogP contribution in [0.1, 0.15) is 5.56 Å². The van der Waals surface area contributed by atoms with Crippen molar-refractivity contribution in [3.8, 4) is 5.75 Å². The van der Waals surface area contributed by atoms with Crippen LogP contribution in [0.5, 0.6) is 5.75 Å². The van der Waals surface area contributed by atoms with Gasteiger partial charge in [0, 0.05) is 13.6 Å². The lowest BCUT2D eigenvalue weighted by molar-refractivity contribution is 0.414. The van der Waals surface area contributed by atoms with Crippen LogP contribution in [0.4, 0.5) is 10.2 Å². The maximum atomic E-state index is 13.5. The van der Waals surface area contributed by atoms with E-state index in [-0.39, 0.29) is 0 Å². The van der Waals surface area contributed by atoms with E-state index in [1.54, 1.807) is 25.1 Å². The lowest BCUT2D eigenvalue weighted by Crippen LogP contribution is -2.05. The zero-order valence-electron chi connectivity index (χ0n) is 11.7. The molecule has 1 aromatic carbocycles. The number of imidazole rings is 1. The van der Waals surface area contributed by atoms with Gasteiger partial charge in [0.25, 0.3) is 0 Å². The minimum atomic E-state index is -0.778. The summed E-state index contributed by atoms with van der Waals surface area (Å²) >= 11 is 0. The molecule has 0 saturated heterocycles. The Bertz CT molecular complexity index is 786. The van der Waals surface area contributed by atoms with Crippen molar-refractivity contribution >= 4 is 17.0 Å². The van der Waals surface area contributed by atoms with E-state index < -0.39 is 6.08 Å². The van der Waals surface area contributed by atoms with Gasteiger partial charge in [-0.25, -0.2) is 4.98 Å². The number of hydrogen-bond acceptors (Lipinski definition) is 5. The predicted octanol–water partition coefficient (Wildman–Crippen LogP) is 2.12. The van der Waals surface area contributed by atoms with Crippen LogP contribution in [0.3, 0.4) is 0 Å². The molecule has 21 heavy (non-hydrogen) atoms. The Kier molecular flexibility index (Phi) is 3.39. The highest BCUT2D eigenvalue weighted by molar-refractivity contribution is 5.82. The third-order valence-electron chi connectivity index (χ3n) is 3.13. The van der Waals surface area contributed by atoms with E-state index in [9.17, 15) is 4.39 Å². The van der Waals surface area contributed by atoms with E-state index in [0.717, 1.165) is 11.3 Å². The number of ether oxygens (including phenoxy) is 1. The number of benzene rings is 1. The Morgan fingerprint density at radius 1 is 1.33 bits per heavy atom. The minimum absolute atomic E-state index is 0.376. The summed E-state index contributed by atoms with van der Waals surface area (Å²) < 4.78 is 20.3. The fourth-order valence-electron chi connectivity index (χ4n) is 2.07. The Labute approximate surface area is 120 Å². The normalized spacial score (nSPS) is 10.8. The maximum Gasteiger partial charge on any atom is 0.312 e. The zero-order chi connectivity index (χ0) is 14.8. The van der Waals surface area contributed by atoms with Crippen LogP contribution in [0.25, 0.3) is 11.2 Å². The molecule has 0 aliphatic carbocycles. The molecule has 1 N–H and O–H groups in total. The Morgan fingerprint density at radius 3 is 3.00 bits per heavy atom. The molecule has 3 aromatic rings. The van der Waals surface area contributed by atoms with E-state index in [4.69, 9.17) is 4.74 Å². The second-order valence-corrected chi connectivity index (χ2v) is 4.57. The molecule has 0 spiro atoms. The molecule has 0 fully saturated rings. The van der Waals surface area contributed by atoms with E-state index in [1.807, 2.05) is 24.3 Å². The van der Waals surface area contributed by atoms with Crippen molar-refractivity contribution in [1.29, 1.82) is 0 Å². The average Bonchev–Trinajstić information content (AvgIpc) is 2.86. The molecule has 0 bridgehead atoms. The van der Waals surface area contributed by atoms with Gasteiger partial charge in [0.1, 0.15) is 5.75 Å². The monoisotopic (exact) mass is 287 g/mol. The number of nitrogens with zero attached hydrogens (tertiary/aromatic N) is 4. The predicted molar refractivity (Wildman–Crippen MR) is 76.6 cm³/mol. The van der Waals surface area contributed by atoms with Crippen LogP contribution >= 0.6 is 0 Å².